The number of hydrogen-bond donors (Lipinski definition) is 2. The molecule has 4 fully saturated rings. The molecule has 1 aromatic carbocycles. The van der Waals surface area contributed by atoms with Gasteiger partial charge >= 0.3 is 17.9 Å². The molecule has 318 valence electrons. The standard InChI is InChI=1S/C48H68N2O8/c1-10-58-40(53)22-28-49-43(56)48-25-19-33(30(2)29-50(8)38(51)17-18-39(52)57-9)41(48)35-15-16-37-45(5)23-20-34(31-11-13-32(14-12-31)42(54)55)44(3,4)36(45)21-24-47(37,7)46(35,6)26-27-48/h11-14,20,33,35-37,41H,2,10,15-19,21-29H2,1,3-9H3,(H,49,56)(H,54,55)/t33-,35+,36-,37+,41+,45-,46+,47+,48-/m0/s1. The Morgan fingerprint density at radius 1 is 0.862 bits per heavy atom. The zero-order valence-electron chi connectivity index (χ0n) is 36.3. The number of esters is 2. The van der Waals surface area contributed by atoms with E-state index in [9.17, 15) is 29.1 Å². The Bertz CT molecular complexity index is 1830. The lowest BCUT2D eigenvalue weighted by Crippen LogP contribution is -2.66. The van der Waals surface area contributed by atoms with Gasteiger partial charge in [0.15, 0.2) is 0 Å². The lowest BCUT2D eigenvalue weighted by Gasteiger charge is -2.72. The van der Waals surface area contributed by atoms with Gasteiger partial charge in [-0.1, -0.05) is 65.0 Å². The number of carboxylic acid groups (broad SMARTS) is 1. The minimum atomic E-state index is -0.913. The topological polar surface area (TPSA) is 139 Å². The number of methoxy groups -OCH3 is 1. The molecule has 10 heteroatoms. The average molecular weight is 801 g/mol. The molecule has 0 heterocycles. The van der Waals surface area contributed by atoms with Crippen LogP contribution in [0.4, 0.5) is 0 Å². The molecule has 2 N–H and O–H groups in total. The number of nitrogens with zero attached hydrogens (tertiary/aromatic N) is 1. The van der Waals surface area contributed by atoms with Gasteiger partial charge in [-0.3, -0.25) is 19.2 Å². The number of allylic oxidation sites excluding steroid dienone is 2. The Labute approximate surface area is 345 Å². The molecule has 0 radical (unpaired) electrons. The van der Waals surface area contributed by atoms with E-state index >= 15 is 0 Å². The summed E-state index contributed by atoms with van der Waals surface area (Å²) < 4.78 is 9.92. The van der Waals surface area contributed by atoms with Crippen LogP contribution in [0.5, 0.6) is 0 Å². The number of hydrogen-bond acceptors (Lipinski definition) is 7. The number of rotatable bonds is 13. The zero-order valence-corrected chi connectivity index (χ0v) is 36.3. The third-order valence-electron chi connectivity index (χ3n) is 17.0. The van der Waals surface area contributed by atoms with Crippen molar-refractivity contribution < 1.29 is 38.6 Å². The normalized spacial score (nSPS) is 34.5. The first kappa shape index (κ1) is 43.6. The van der Waals surface area contributed by atoms with Gasteiger partial charge in [-0.15, -0.1) is 0 Å². The quantitative estimate of drug-likeness (QED) is 0.150. The van der Waals surface area contributed by atoms with Crippen molar-refractivity contribution >= 4 is 35.3 Å². The van der Waals surface area contributed by atoms with Crippen molar-refractivity contribution in [2.24, 2.45) is 56.7 Å². The van der Waals surface area contributed by atoms with Crippen molar-refractivity contribution in [2.75, 3.05) is 33.9 Å². The highest BCUT2D eigenvalue weighted by Gasteiger charge is 2.71. The summed E-state index contributed by atoms with van der Waals surface area (Å²) in [4.78, 5) is 65.1. The third kappa shape index (κ3) is 7.22. The Hall–Kier alpha value is -3.95. The van der Waals surface area contributed by atoms with Gasteiger partial charge in [-0.25, -0.2) is 4.79 Å². The molecule has 1 aromatic rings. The molecule has 10 nitrogen and oxygen atoms in total. The number of carbonyl (C=O) groups excluding carboxylic acids is 4. The average Bonchev–Trinajstić information content (AvgIpc) is 3.58. The van der Waals surface area contributed by atoms with Crippen molar-refractivity contribution in [1.82, 2.24) is 10.2 Å². The van der Waals surface area contributed by atoms with Crippen LogP contribution in [0.15, 0.2) is 42.5 Å². The van der Waals surface area contributed by atoms with Gasteiger partial charge in [0.2, 0.25) is 11.8 Å². The summed E-state index contributed by atoms with van der Waals surface area (Å²) in [7, 11) is 3.09. The second kappa shape index (κ2) is 16.2. The molecule has 0 bridgehead atoms. The zero-order chi connectivity index (χ0) is 42.4. The summed E-state index contributed by atoms with van der Waals surface area (Å²) in [5.74, 6) is -0.426. The van der Waals surface area contributed by atoms with Gasteiger partial charge in [-0.2, -0.15) is 0 Å². The van der Waals surface area contributed by atoms with E-state index in [1.807, 2.05) is 12.1 Å². The molecule has 6 rings (SSSR count). The lowest BCUT2D eigenvalue weighted by molar-refractivity contribution is -0.225. The summed E-state index contributed by atoms with van der Waals surface area (Å²) in [6.07, 6.45) is 11.3. The summed E-state index contributed by atoms with van der Waals surface area (Å²) in [5, 5.41) is 12.7. The number of nitrogens with one attached hydrogen (secondary N) is 1. The van der Waals surface area contributed by atoms with Crippen LogP contribution < -0.4 is 5.32 Å². The number of carbonyl (C=O) groups is 5. The summed E-state index contributed by atoms with van der Waals surface area (Å²) in [6, 6.07) is 7.39. The smallest absolute Gasteiger partial charge is 0.335 e. The fourth-order valence-electron chi connectivity index (χ4n) is 14.0. The molecule has 0 spiro atoms. The van der Waals surface area contributed by atoms with E-state index < -0.39 is 17.4 Å². The molecule has 0 aromatic heterocycles. The summed E-state index contributed by atoms with van der Waals surface area (Å²) in [6.45, 7) is 19.8. The molecule has 0 aliphatic heterocycles. The van der Waals surface area contributed by atoms with Crippen LogP contribution in [0.25, 0.3) is 5.57 Å². The van der Waals surface area contributed by atoms with E-state index in [4.69, 9.17) is 9.47 Å². The number of aromatic carboxylic acids is 1. The molecule has 5 aliphatic carbocycles. The highest BCUT2D eigenvalue weighted by atomic mass is 16.5. The van der Waals surface area contributed by atoms with E-state index in [0.717, 1.165) is 68.9 Å². The highest BCUT2D eigenvalue weighted by Crippen LogP contribution is 2.77. The van der Waals surface area contributed by atoms with Gasteiger partial charge in [-0.05, 0) is 139 Å². The van der Waals surface area contributed by atoms with Gasteiger partial charge in [0, 0.05) is 26.6 Å². The van der Waals surface area contributed by atoms with Crippen LogP contribution in [0.1, 0.15) is 135 Å². The molecule has 0 saturated heterocycles. The number of ether oxygens (including phenoxy) is 2. The minimum absolute atomic E-state index is 0.0292. The molecule has 2 amide bonds. The largest absolute Gasteiger partial charge is 0.478 e. The Kier molecular flexibility index (Phi) is 12.2. The van der Waals surface area contributed by atoms with Crippen LogP contribution in [0.3, 0.4) is 0 Å². The minimum Gasteiger partial charge on any atom is -0.478 e. The predicted octanol–water partition coefficient (Wildman–Crippen LogP) is 8.50. The van der Waals surface area contributed by atoms with E-state index in [2.05, 4.69) is 52.6 Å². The van der Waals surface area contributed by atoms with Crippen molar-refractivity contribution in [3.8, 4) is 0 Å². The van der Waals surface area contributed by atoms with Crippen molar-refractivity contribution in [3.05, 3.63) is 53.6 Å². The van der Waals surface area contributed by atoms with E-state index in [-0.39, 0.29) is 83.0 Å². The first-order valence-electron chi connectivity index (χ1n) is 21.8. The first-order valence-corrected chi connectivity index (χ1v) is 21.8. The number of likely N-dealkylation sites (N-methyl/N-ethyl adjacent to an activating group) is 1. The van der Waals surface area contributed by atoms with Crippen molar-refractivity contribution in [2.45, 2.75) is 119 Å². The summed E-state index contributed by atoms with van der Waals surface area (Å²) in [5.41, 5.74) is 3.07. The fourth-order valence-corrected chi connectivity index (χ4v) is 14.0. The maximum absolute atomic E-state index is 14.6. The molecule has 58 heavy (non-hydrogen) atoms. The molecular weight excluding hydrogens is 733 g/mol. The first-order chi connectivity index (χ1) is 27.3. The highest BCUT2D eigenvalue weighted by molar-refractivity contribution is 5.88. The Morgan fingerprint density at radius 2 is 1.57 bits per heavy atom. The molecule has 5 aliphatic rings. The van der Waals surface area contributed by atoms with Gasteiger partial charge in [0.1, 0.15) is 0 Å². The third-order valence-corrected chi connectivity index (χ3v) is 17.0. The Balaban J connectivity index is 1.30. The van der Waals surface area contributed by atoms with Crippen molar-refractivity contribution in [1.29, 1.82) is 0 Å². The van der Waals surface area contributed by atoms with Crippen LogP contribution in [0.2, 0.25) is 0 Å². The number of benzene rings is 1. The van der Waals surface area contributed by atoms with Crippen LogP contribution in [0, 0.1) is 56.7 Å². The van der Waals surface area contributed by atoms with Crippen LogP contribution in [-0.4, -0.2) is 73.6 Å². The molecule has 4 saturated carbocycles. The monoisotopic (exact) mass is 800 g/mol. The van der Waals surface area contributed by atoms with Gasteiger partial charge in [0.05, 0.1) is 37.5 Å². The van der Waals surface area contributed by atoms with Crippen LogP contribution >= 0.6 is 0 Å². The second-order valence-corrected chi connectivity index (χ2v) is 19.7. The lowest BCUT2D eigenvalue weighted by atomic mass is 9.32. The molecule has 0 unspecified atom stereocenters. The number of carboxylic acids is 1. The molecule has 9 atom stereocenters. The van der Waals surface area contributed by atoms with E-state index in [1.54, 1.807) is 31.0 Å². The van der Waals surface area contributed by atoms with Gasteiger partial charge < -0.3 is 24.8 Å². The maximum Gasteiger partial charge on any atom is 0.335 e. The number of amides is 2. The summed E-state index contributed by atoms with van der Waals surface area (Å²) >= 11 is 0. The van der Waals surface area contributed by atoms with Crippen molar-refractivity contribution in [3.63, 3.8) is 0 Å². The van der Waals surface area contributed by atoms with Gasteiger partial charge in [0.25, 0.3) is 0 Å². The van der Waals surface area contributed by atoms with E-state index in [0.29, 0.717) is 30.6 Å². The predicted molar refractivity (Wildman–Crippen MR) is 223 cm³/mol. The fraction of sp³-hybridized carbons (Fsp3) is 0.688. The van der Waals surface area contributed by atoms with Crippen LogP contribution in [-0.2, 0) is 28.7 Å². The molecular formula is C48H68N2O8. The second-order valence-electron chi connectivity index (χ2n) is 19.7. The maximum atomic E-state index is 14.6. The van der Waals surface area contributed by atoms with E-state index in [1.165, 1.54) is 12.7 Å². The SMILES string of the molecule is C=C(CN(C)C(=O)CCC(=O)OC)[C@@H]1CC[C@]2(C(=O)NCCC(=O)OCC)CC[C@]3(C)[C@H](CC[C@@H]4[C@@]5(C)CC=C(c6ccc(C(=O)O)cc6)C(C)(C)[C@@H]5CC[C@]43C)[C@@H]12. The Morgan fingerprint density at radius 3 is 2.22 bits per heavy atom. The number of fused-ring (bicyclic) bond motifs is 7.